The topological polar surface area (TPSA) is 97.4 Å². The standard InChI is InChI=1S/C23H29N3O6S/c1-2-33(28,29)26(20-7-8-21-22(13-20)32-17-31-21)16-23(27)24-14-18-3-5-19(6-4-18)15-25-9-11-30-12-10-25/h3-8,13H,2,9-12,14-17H2,1H3,(H,24,27). The van der Waals surface area contributed by atoms with E-state index in [0.717, 1.165) is 42.7 Å². The molecule has 0 unspecified atom stereocenters. The maximum atomic E-state index is 12.7. The number of nitrogens with one attached hydrogen (secondary N) is 1. The Bertz CT molecular complexity index is 1070. The molecule has 2 aliphatic heterocycles. The number of amides is 1. The van der Waals surface area contributed by atoms with Gasteiger partial charge in [0.15, 0.2) is 11.5 Å². The number of nitrogens with zero attached hydrogens (tertiary/aromatic N) is 2. The van der Waals surface area contributed by atoms with Crippen LogP contribution < -0.4 is 19.1 Å². The van der Waals surface area contributed by atoms with Crippen molar-refractivity contribution in [2.24, 2.45) is 0 Å². The highest BCUT2D eigenvalue weighted by atomic mass is 32.2. The SMILES string of the molecule is CCS(=O)(=O)N(CC(=O)NCc1ccc(CN2CCOCC2)cc1)c1ccc2c(c1)OCO2. The van der Waals surface area contributed by atoms with Crippen molar-refractivity contribution in [1.82, 2.24) is 10.2 Å². The van der Waals surface area contributed by atoms with Crippen molar-refractivity contribution in [1.29, 1.82) is 0 Å². The Morgan fingerprint density at radius 3 is 2.45 bits per heavy atom. The normalized spacial score (nSPS) is 15.9. The van der Waals surface area contributed by atoms with E-state index in [-0.39, 0.29) is 25.0 Å². The molecule has 4 rings (SSSR count). The number of fused-ring (bicyclic) bond motifs is 1. The smallest absolute Gasteiger partial charge is 0.241 e. The average molecular weight is 476 g/mol. The van der Waals surface area contributed by atoms with Crippen LogP contribution in [-0.2, 0) is 32.6 Å². The van der Waals surface area contributed by atoms with Crippen molar-refractivity contribution in [3.8, 4) is 11.5 Å². The van der Waals surface area contributed by atoms with Crippen LogP contribution in [0.15, 0.2) is 42.5 Å². The molecule has 1 N–H and O–H groups in total. The van der Waals surface area contributed by atoms with Crippen molar-refractivity contribution in [2.75, 3.05) is 49.7 Å². The van der Waals surface area contributed by atoms with Gasteiger partial charge in [-0.1, -0.05) is 24.3 Å². The van der Waals surface area contributed by atoms with E-state index in [2.05, 4.69) is 22.3 Å². The molecular weight excluding hydrogens is 446 g/mol. The summed E-state index contributed by atoms with van der Waals surface area (Å²) in [4.78, 5) is 15.0. The molecule has 0 atom stereocenters. The zero-order valence-corrected chi connectivity index (χ0v) is 19.5. The van der Waals surface area contributed by atoms with Gasteiger partial charge in [0.2, 0.25) is 22.7 Å². The lowest BCUT2D eigenvalue weighted by atomic mass is 10.1. The third-order valence-corrected chi connectivity index (χ3v) is 7.40. The Morgan fingerprint density at radius 1 is 1.03 bits per heavy atom. The second-order valence-electron chi connectivity index (χ2n) is 7.93. The molecule has 0 aliphatic carbocycles. The molecule has 1 amide bonds. The van der Waals surface area contributed by atoms with Gasteiger partial charge in [-0.3, -0.25) is 14.0 Å². The van der Waals surface area contributed by atoms with Crippen LogP contribution >= 0.6 is 0 Å². The van der Waals surface area contributed by atoms with Crippen molar-refractivity contribution in [2.45, 2.75) is 20.0 Å². The maximum Gasteiger partial charge on any atom is 0.241 e. The van der Waals surface area contributed by atoms with E-state index in [1.165, 1.54) is 5.56 Å². The molecular formula is C23H29N3O6S. The van der Waals surface area contributed by atoms with Crippen LogP contribution in [0.25, 0.3) is 0 Å². The van der Waals surface area contributed by atoms with Gasteiger partial charge in [-0.2, -0.15) is 0 Å². The van der Waals surface area contributed by atoms with E-state index in [0.29, 0.717) is 23.7 Å². The van der Waals surface area contributed by atoms with E-state index in [9.17, 15) is 13.2 Å². The summed E-state index contributed by atoms with van der Waals surface area (Å²) >= 11 is 0. The minimum absolute atomic E-state index is 0.0883. The molecule has 0 saturated carbocycles. The van der Waals surface area contributed by atoms with Crippen LogP contribution in [0.3, 0.4) is 0 Å². The minimum atomic E-state index is -3.67. The van der Waals surface area contributed by atoms with Gasteiger partial charge in [-0.05, 0) is 30.2 Å². The molecule has 33 heavy (non-hydrogen) atoms. The molecule has 0 spiro atoms. The highest BCUT2D eigenvalue weighted by molar-refractivity contribution is 7.92. The predicted molar refractivity (Wildman–Crippen MR) is 124 cm³/mol. The van der Waals surface area contributed by atoms with Crippen molar-refractivity contribution < 1.29 is 27.4 Å². The molecule has 0 bridgehead atoms. The van der Waals surface area contributed by atoms with E-state index >= 15 is 0 Å². The van der Waals surface area contributed by atoms with Crippen molar-refractivity contribution in [3.05, 3.63) is 53.6 Å². The van der Waals surface area contributed by atoms with E-state index < -0.39 is 10.0 Å². The van der Waals surface area contributed by atoms with Gasteiger partial charge in [0, 0.05) is 32.2 Å². The predicted octanol–water partition coefficient (Wildman–Crippen LogP) is 1.72. The number of anilines is 1. The molecule has 2 heterocycles. The third-order valence-electron chi connectivity index (χ3n) is 5.65. The van der Waals surface area contributed by atoms with E-state index in [4.69, 9.17) is 14.2 Å². The molecule has 2 aliphatic rings. The first-order valence-electron chi connectivity index (χ1n) is 11.0. The third kappa shape index (κ3) is 5.95. The Hall–Kier alpha value is -2.82. The fourth-order valence-electron chi connectivity index (χ4n) is 3.71. The summed E-state index contributed by atoms with van der Waals surface area (Å²) in [7, 11) is -3.67. The minimum Gasteiger partial charge on any atom is -0.454 e. The van der Waals surface area contributed by atoms with Crippen LogP contribution in [0, 0.1) is 0 Å². The van der Waals surface area contributed by atoms with Gasteiger partial charge < -0.3 is 19.5 Å². The fourth-order valence-corrected chi connectivity index (χ4v) is 4.77. The summed E-state index contributed by atoms with van der Waals surface area (Å²) < 4.78 is 42.5. The number of ether oxygens (including phenoxy) is 3. The summed E-state index contributed by atoms with van der Waals surface area (Å²) in [5, 5.41) is 2.82. The molecule has 0 radical (unpaired) electrons. The first-order chi connectivity index (χ1) is 15.9. The number of hydrogen-bond acceptors (Lipinski definition) is 7. The fraction of sp³-hybridized carbons (Fsp3) is 0.435. The molecule has 10 heteroatoms. The number of carbonyl (C=O) groups is 1. The van der Waals surface area contributed by atoms with E-state index in [1.54, 1.807) is 25.1 Å². The van der Waals surface area contributed by atoms with Crippen LogP contribution in [0.1, 0.15) is 18.1 Å². The number of benzene rings is 2. The lowest BCUT2D eigenvalue weighted by Gasteiger charge is -2.26. The molecule has 1 fully saturated rings. The highest BCUT2D eigenvalue weighted by Crippen LogP contribution is 2.36. The van der Waals surface area contributed by atoms with Gasteiger partial charge in [0.25, 0.3) is 0 Å². The summed E-state index contributed by atoms with van der Waals surface area (Å²) in [5.41, 5.74) is 2.51. The summed E-state index contributed by atoms with van der Waals surface area (Å²) in [6, 6.07) is 12.9. The quantitative estimate of drug-likeness (QED) is 0.590. The maximum absolute atomic E-state index is 12.7. The highest BCUT2D eigenvalue weighted by Gasteiger charge is 2.25. The lowest BCUT2D eigenvalue weighted by Crippen LogP contribution is -2.41. The number of morpholine rings is 1. The first-order valence-corrected chi connectivity index (χ1v) is 12.6. The lowest BCUT2D eigenvalue weighted by molar-refractivity contribution is -0.119. The van der Waals surface area contributed by atoms with Crippen LogP contribution in [0.5, 0.6) is 11.5 Å². The van der Waals surface area contributed by atoms with Gasteiger partial charge in [-0.25, -0.2) is 8.42 Å². The van der Waals surface area contributed by atoms with Crippen LogP contribution in [-0.4, -0.2) is 64.6 Å². The Labute approximate surface area is 194 Å². The molecule has 2 aromatic carbocycles. The van der Waals surface area contributed by atoms with Crippen molar-refractivity contribution >= 4 is 21.6 Å². The second-order valence-corrected chi connectivity index (χ2v) is 10.1. The van der Waals surface area contributed by atoms with E-state index in [1.807, 2.05) is 12.1 Å². The number of rotatable bonds is 9. The second kappa shape index (κ2) is 10.4. The number of hydrogen-bond donors (Lipinski definition) is 1. The first kappa shape index (κ1) is 23.3. The summed E-state index contributed by atoms with van der Waals surface area (Å²) in [6.07, 6.45) is 0. The van der Waals surface area contributed by atoms with Crippen LogP contribution in [0.4, 0.5) is 5.69 Å². The van der Waals surface area contributed by atoms with Gasteiger partial charge in [0.05, 0.1) is 24.7 Å². The van der Waals surface area contributed by atoms with Crippen LogP contribution in [0.2, 0.25) is 0 Å². The molecule has 0 aromatic heterocycles. The Kier molecular flexibility index (Phi) is 7.36. The Morgan fingerprint density at radius 2 is 1.73 bits per heavy atom. The molecule has 2 aromatic rings. The molecule has 9 nitrogen and oxygen atoms in total. The zero-order valence-electron chi connectivity index (χ0n) is 18.7. The molecule has 1 saturated heterocycles. The number of carbonyl (C=O) groups excluding carboxylic acids is 1. The van der Waals surface area contributed by atoms with Gasteiger partial charge in [0.1, 0.15) is 6.54 Å². The summed E-state index contributed by atoms with van der Waals surface area (Å²) in [5.74, 6) is 0.497. The monoisotopic (exact) mass is 475 g/mol. The Balaban J connectivity index is 1.35. The zero-order chi connectivity index (χ0) is 23.3. The van der Waals surface area contributed by atoms with Crippen molar-refractivity contribution in [3.63, 3.8) is 0 Å². The average Bonchev–Trinajstić information content (AvgIpc) is 3.30. The van der Waals surface area contributed by atoms with Gasteiger partial charge in [-0.15, -0.1) is 0 Å². The number of sulfonamides is 1. The largest absolute Gasteiger partial charge is 0.454 e. The van der Waals surface area contributed by atoms with Gasteiger partial charge >= 0.3 is 0 Å². The summed E-state index contributed by atoms with van der Waals surface area (Å²) in [6.45, 7) is 5.90. The molecule has 178 valence electrons.